The van der Waals surface area contributed by atoms with Crippen LogP contribution < -0.4 is 5.32 Å². The van der Waals surface area contributed by atoms with E-state index in [2.05, 4.69) is 29.4 Å². The largest absolute Gasteiger partial charge is 0.401 e. The molecule has 4 rings (SSSR count). The maximum absolute atomic E-state index is 12.2. The Bertz CT molecular complexity index is 1000. The fraction of sp³-hybridized carbons (Fsp3) is 0.0769. The molecule has 4 aromatic rings. The minimum absolute atomic E-state index is 0.00662. The highest BCUT2D eigenvalue weighted by Crippen LogP contribution is 2.19. The number of fused-ring (bicyclic) bond motifs is 1. The maximum atomic E-state index is 12.2. The van der Waals surface area contributed by atoms with Gasteiger partial charge in [0.05, 0.1) is 11.7 Å². The summed E-state index contributed by atoms with van der Waals surface area (Å²) in [5.74, 6) is -0.129. The monoisotopic (exact) mass is 327 g/mol. The van der Waals surface area contributed by atoms with E-state index in [0.717, 1.165) is 17.2 Å². The molecule has 3 aromatic heterocycles. The first kappa shape index (κ1) is 13.5. The van der Waals surface area contributed by atoms with E-state index in [1.54, 1.807) is 42.2 Å². The van der Waals surface area contributed by atoms with Crippen LogP contribution in [0, 0.1) is 0 Å². The van der Waals surface area contributed by atoms with E-state index in [-0.39, 0.29) is 17.8 Å². The number of nitrogens with zero attached hydrogens (tertiary/aromatic N) is 6. The molecule has 0 saturated carbocycles. The summed E-state index contributed by atoms with van der Waals surface area (Å²) in [5.41, 5.74) is 2.39. The van der Waals surface area contributed by atoms with Crippen molar-refractivity contribution in [1.29, 1.82) is 0 Å². The van der Waals surface area contributed by atoms with Gasteiger partial charge in [-0.2, -0.15) is 13.8 Å². The Balaban J connectivity index is 1.55. The van der Waals surface area contributed by atoms with Crippen LogP contribution in [0.3, 0.4) is 0 Å². The van der Waals surface area contributed by atoms with Gasteiger partial charge in [-0.05, 0) is 24.3 Å². The Kier molecular flexibility index (Phi) is 3.08. The van der Waals surface area contributed by atoms with Crippen molar-refractivity contribution in [3.63, 3.8) is 0 Å². The molecule has 1 N–H and O–H groups in total. The van der Waals surface area contributed by atoms with Crippen LogP contribution in [0.2, 0.25) is 0 Å². The van der Waals surface area contributed by atoms with E-state index >= 15 is 0 Å². The molecule has 0 saturated heterocycles. The average Bonchev–Trinajstić information content (AvgIpc) is 3.26. The average molecular weight is 327 g/mol. The standard InChI is InChI=1S/C13H9N7O2S/c1-20-5-4-9(17-20)12-15-16-13(22-12)14-11(21)7-2-3-8-10(6-7)19-23-18-8/h2-6H,1H3,(H,14,16,21). The highest BCUT2D eigenvalue weighted by atomic mass is 32.1. The zero-order chi connectivity index (χ0) is 15.8. The van der Waals surface area contributed by atoms with Gasteiger partial charge in [0.15, 0.2) is 0 Å². The normalized spacial score (nSPS) is 11.0. The van der Waals surface area contributed by atoms with E-state index in [0.29, 0.717) is 16.8 Å². The highest BCUT2D eigenvalue weighted by Gasteiger charge is 2.15. The third-order valence-electron chi connectivity index (χ3n) is 3.09. The molecular weight excluding hydrogens is 318 g/mol. The number of carbonyl (C=O) groups is 1. The third kappa shape index (κ3) is 2.55. The second-order valence-electron chi connectivity index (χ2n) is 4.71. The smallest absolute Gasteiger partial charge is 0.322 e. The molecular formula is C13H9N7O2S. The molecule has 0 atom stereocenters. The van der Waals surface area contributed by atoms with Crippen molar-refractivity contribution in [3.8, 4) is 11.6 Å². The summed E-state index contributed by atoms with van der Waals surface area (Å²) in [5, 5.41) is 14.4. The number of aromatic nitrogens is 6. The van der Waals surface area contributed by atoms with Gasteiger partial charge in [0.1, 0.15) is 16.7 Å². The molecule has 1 aromatic carbocycles. The highest BCUT2D eigenvalue weighted by molar-refractivity contribution is 7.00. The lowest BCUT2D eigenvalue weighted by Crippen LogP contribution is -2.12. The van der Waals surface area contributed by atoms with Gasteiger partial charge >= 0.3 is 6.01 Å². The predicted molar refractivity (Wildman–Crippen MR) is 81.9 cm³/mol. The summed E-state index contributed by atoms with van der Waals surface area (Å²) in [6, 6.07) is 6.80. The molecule has 0 bridgehead atoms. The maximum Gasteiger partial charge on any atom is 0.322 e. The minimum atomic E-state index is -0.365. The van der Waals surface area contributed by atoms with Gasteiger partial charge in [0.2, 0.25) is 0 Å². The van der Waals surface area contributed by atoms with Crippen LogP contribution in [0.15, 0.2) is 34.9 Å². The molecule has 0 aliphatic heterocycles. The Morgan fingerprint density at radius 1 is 1.22 bits per heavy atom. The second-order valence-corrected chi connectivity index (χ2v) is 5.24. The minimum Gasteiger partial charge on any atom is -0.401 e. The van der Waals surface area contributed by atoms with Crippen molar-refractivity contribution in [3.05, 3.63) is 36.0 Å². The first-order valence-corrected chi connectivity index (χ1v) is 7.29. The molecule has 9 nitrogen and oxygen atoms in total. The number of rotatable bonds is 3. The fourth-order valence-corrected chi connectivity index (χ4v) is 2.52. The first-order chi connectivity index (χ1) is 11.2. The van der Waals surface area contributed by atoms with E-state index in [4.69, 9.17) is 4.42 Å². The summed E-state index contributed by atoms with van der Waals surface area (Å²) in [7, 11) is 1.78. The number of nitrogens with one attached hydrogen (secondary N) is 1. The molecule has 1 amide bonds. The molecule has 0 spiro atoms. The van der Waals surface area contributed by atoms with Crippen LogP contribution in [0.25, 0.3) is 22.6 Å². The molecule has 0 aliphatic rings. The van der Waals surface area contributed by atoms with Gasteiger partial charge in [0, 0.05) is 18.8 Å². The predicted octanol–water partition coefficient (Wildman–Crippen LogP) is 1.73. The van der Waals surface area contributed by atoms with Crippen LogP contribution in [0.1, 0.15) is 10.4 Å². The Hall–Kier alpha value is -3.14. The Morgan fingerprint density at radius 3 is 2.91 bits per heavy atom. The van der Waals surface area contributed by atoms with Gasteiger partial charge in [-0.1, -0.05) is 5.10 Å². The molecule has 0 fully saturated rings. The van der Waals surface area contributed by atoms with Gasteiger partial charge in [-0.25, -0.2) is 0 Å². The number of aryl methyl sites for hydroxylation is 1. The quantitative estimate of drug-likeness (QED) is 0.609. The molecule has 0 unspecified atom stereocenters. The van der Waals surface area contributed by atoms with Crippen LogP contribution in [-0.2, 0) is 7.05 Å². The number of anilines is 1. The van der Waals surface area contributed by atoms with E-state index in [9.17, 15) is 4.79 Å². The number of amides is 1. The number of hydrogen-bond donors (Lipinski definition) is 1. The van der Waals surface area contributed by atoms with Crippen LogP contribution >= 0.6 is 11.7 Å². The molecule has 23 heavy (non-hydrogen) atoms. The van der Waals surface area contributed by atoms with Gasteiger partial charge in [-0.3, -0.25) is 14.8 Å². The van der Waals surface area contributed by atoms with Crippen LogP contribution in [-0.4, -0.2) is 34.6 Å². The zero-order valence-electron chi connectivity index (χ0n) is 11.8. The van der Waals surface area contributed by atoms with Crippen molar-refractivity contribution in [2.45, 2.75) is 0 Å². The lowest BCUT2D eigenvalue weighted by atomic mass is 10.2. The number of carbonyl (C=O) groups excluding carboxylic acids is 1. The van der Waals surface area contributed by atoms with Gasteiger partial charge in [-0.15, -0.1) is 5.10 Å². The lowest BCUT2D eigenvalue weighted by Gasteiger charge is -1.99. The Labute approximate surface area is 133 Å². The van der Waals surface area contributed by atoms with Gasteiger partial charge in [0.25, 0.3) is 11.8 Å². The third-order valence-corrected chi connectivity index (χ3v) is 3.65. The summed E-state index contributed by atoms with van der Waals surface area (Å²) in [4.78, 5) is 12.2. The zero-order valence-corrected chi connectivity index (χ0v) is 12.6. The Morgan fingerprint density at radius 2 is 2.09 bits per heavy atom. The number of hydrogen-bond acceptors (Lipinski definition) is 8. The molecule has 114 valence electrons. The lowest BCUT2D eigenvalue weighted by molar-refractivity contribution is 0.102. The summed E-state index contributed by atoms with van der Waals surface area (Å²) in [6.45, 7) is 0. The van der Waals surface area contributed by atoms with Crippen molar-refractivity contribution in [1.82, 2.24) is 28.7 Å². The summed E-state index contributed by atoms with van der Waals surface area (Å²) >= 11 is 1.10. The molecule has 0 aliphatic carbocycles. The van der Waals surface area contributed by atoms with Crippen molar-refractivity contribution in [2.75, 3.05) is 5.32 Å². The fourth-order valence-electron chi connectivity index (χ4n) is 2.00. The SMILES string of the molecule is Cn1ccc(-c2nnc(NC(=O)c3ccc4nsnc4c3)o2)n1. The number of benzene rings is 1. The summed E-state index contributed by atoms with van der Waals surface area (Å²) < 4.78 is 15.2. The topological polar surface area (TPSA) is 112 Å². The van der Waals surface area contributed by atoms with Crippen molar-refractivity contribution >= 4 is 34.7 Å². The summed E-state index contributed by atoms with van der Waals surface area (Å²) in [6.07, 6.45) is 1.76. The van der Waals surface area contributed by atoms with Crippen LogP contribution in [0.4, 0.5) is 6.01 Å². The van der Waals surface area contributed by atoms with Crippen molar-refractivity contribution < 1.29 is 9.21 Å². The second kappa shape index (κ2) is 5.25. The van der Waals surface area contributed by atoms with E-state index in [1.165, 1.54) is 0 Å². The van der Waals surface area contributed by atoms with E-state index < -0.39 is 0 Å². The molecule has 10 heteroatoms. The first-order valence-electron chi connectivity index (χ1n) is 6.56. The molecule has 0 radical (unpaired) electrons. The molecule has 3 heterocycles. The van der Waals surface area contributed by atoms with Crippen molar-refractivity contribution in [2.24, 2.45) is 7.05 Å². The van der Waals surface area contributed by atoms with Crippen LogP contribution in [0.5, 0.6) is 0 Å². The van der Waals surface area contributed by atoms with Gasteiger partial charge < -0.3 is 4.42 Å². The van der Waals surface area contributed by atoms with E-state index in [1.807, 2.05) is 0 Å².